The van der Waals surface area contributed by atoms with E-state index >= 15 is 0 Å². The maximum absolute atomic E-state index is 12.6. The maximum Gasteiger partial charge on any atom is 0.408 e. The van der Waals surface area contributed by atoms with E-state index in [0.717, 1.165) is 11.8 Å². The van der Waals surface area contributed by atoms with Crippen LogP contribution in [0.5, 0.6) is 11.5 Å². The van der Waals surface area contributed by atoms with Gasteiger partial charge >= 0.3 is 6.09 Å². The van der Waals surface area contributed by atoms with Crippen LogP contribution in [-0.4, -0.2) is 57.1 Å². The molecule has 11 nitrogen and oxygen atoms in total. The Kier molecular flexibility index (Phi) is 8.30. The number of ether oxygens (including phenoxy) is 3. The molecule has 3 N–H and O–H groups in total. The van der Waals surface area contributed by atoms with Crippen molar-refractivity contribution in [2.75, 3.05) is 18.6 Å². The van der Waals surface area contributed by atoms with E-state index in [2.05, 4.69) is 16.2 Å². The molecule has 0 saturated heterocycles. The summed E-state index contributed by atoms with van der Waals surface area (Å²) in [7, 11) is -3.42. The van der Waals surface area contributed by atoms with Gasteiger partial charge in [0.05, 0.1) is 5.75 Å². The zero-order valence-electron chi connectivity index (χ0n) is 18.4. The van der Waals surface area contributed by atoms with Gasteiger partial charge in [-0.2, -0.15) is 0 Å². The third kappa shape index (κ3) is 7.66. The molecule has 2 unspecified atom stereocenters. The number of fused-ring (bicyclic) bond motifs is 1. The second-order valence-corrected chi connectivity index (χ2v) is 9.78. The van der Waals surface area contributed by atoms with Crippen molar-refractivity contribution in [3.05, 3.63) is 60.2 Å². The Hall–Kier alpha value is -3.80. The third-order valence-corrected chi connectivity index (χ3v) is 5.69. The van der Waals surface area contributed by atoms with Crippen molar-refractivity contribution >= 4 is 27.7 Å². The van der Waals surface area contributed by atoms with E-state index in [9.17, 15) is 22.8 Å². The van der Waals surface area contributed by atoms with E-state index in [1.165, 1.54) is 0 Å². The van der Waals surface area contributed by atoms with Crippen molar-refractivity contribution in [1.29, 1.82) is 0 Å². The Morgan fingerprint density at radius 2 is 1.71 bits per heavy atom. The Morgan fingerprint density at radius 1 is 1.03 bits per heavy atom. The summed E-state index contributed by atoms with van der Waals surface area (Å²) in [6.45, 7) is -0.107. The first kappa shape index (κ1) is 24.8. The number of sulfone groups is 1. The average Bonchev–Trinajstić information content (AvgIpc) is 2.83. The molecule has 0 aliphatic carbocycles. The molecule has 0 bridgehead atoms. The second-order valence-electron chi connectivity index (χ2n) is 7.52. The fourth-order valence-corrected chi connectivity index (χ4v) is 3.61. The zero-order chi connectivity index (χ0) is 24.6. The van der Waals surface area contributed by atoms with Crippen molar-refractivity contribution in [3.63, 3.8) is 0 Å². The molecule has 2 aromatic rings. The topological polar surface area (TPSA) is 149 Å². The largest absolute Gasteiger partial charge is 0.485 e. The van der Waals surface area contributed by atoms with Gasteiger partial charge in [-0.1, -0.05) is 42.5 Å². The van der Waals surface area contributed by atoms with Crippen molar-refractivity contribution < 1.29 is 37.0 Å². The summed E-state index contributed by atoms with van der Waals surface area (Å²) in [6.07, 6.45) is -1.15. The molecule has 1 aliphatic heterocycles. The molecule has 2 atom stereocenters. The fourth-order valence-electron chi connectivity index (χ4n) is 2.95. The lowest BCUT2D eigenvalue weighted by molar-refractivity contribution is -0.135. The van der Waals surface area contributed by atoms with Gasteiger partial charge in [0.2, 0.25) is 6.10 Å². The molecule has 3 amide bonds. The number of hydrogen-bond donors (Lipinski definition) is 3. The highest BCUT2D eigenvalue weighted by molar-refractivity contribution is 7.90. The average molecular weight is 492 g/mol. The third-order valence-electron chi connectivity index (χ3n) is 4.71. The Balaban J connectivity index is 1.54. The van der Waals surface area contributed by atoms with Crippen molar-refractivity contribution in [2.45, 2.75) is 25.2 Å². The number of hydrazine groups is 1. The molecule has 0 spiro atoms. The first-order valence-electron chi connectivity index (χ1n) is 10.3. The van der Waals surface area contributed by atoms with Gasteiger partial charge < -0.3 is 19.5 Å². The number of rotatable bonds is 8. The van der Waals surface area contributed by atoms with E-state index in [0.29, 0.717) is 11.5 Å². The summed E-state index contributed by atoms with van der Waals surface area (Å²) in [5, 5.41) is 2.33. The minimum atomic E-state index is -3.42. The normalized spacial score (nSPS) is 15.5. The van der Waals surface area contributed by atoms with Crippen LogP contribution in [0.3, 0.4) is 0 Å². The number of nitrogens with one attached hydrogen (secondary N) is 3. The van der Waals surface area contributed by atoms with Crippen LogP contribution in [-0.2, 0) is 30.8 Å². The first-order valence-corrected chi connectivity index (χ1v) is 12.4. The quantitative estimate of drug-likeness (QED) is 0.457. The SMILES string of the molecule is CS(=O)(=O)CCC(NC(=O)OCc1ccccc1)C(=O)NNC(=O)C1COc2ccccc2O1. The van der Waals surface area contributed by atoms with Gasteiger partial charge in [0.15, 0.2) is 11.5 Å². The van der Waals surface area contributed by atoms with Gasteiger partial charge in [-0.3, -0.25) is 20.4 Å². The van der Waals surface area contributed by atoms with Crippen LogP contribution in [0, 0.1) is 0 Å². The summed E-state index contributed by atoms with van der Waals surface area (Å²) in [5.74, 6) is -1.00. The number of amides is 3. The van der Waals surface area contributed by atoms with Crippen LogP contribution in [0.2, 0.25) is 0 Å². The molecule has 3 rings (SSSR count). The van der Waals surface area contributed by atoms with Crippen molar-refractivity contribution in [2.24, 2.45) is 0 Å². The standard InChI is InChI=1S/C22H25N3O8S/c1-34(29,30)12-11-16(23-22(28)32-13-15-7-3-2-4-8-15)20(26)24-25-21(27)19-14-31-17-9-5-6-10-18(17)33-19/h2-10,16,19H,11-14H2,1H3,(H,23,28)(H,24,26)(H,25,27). The molecule has 0 saturated carbocycles. The van der Waals surface area contributed by atoms with E-state index in [1.54, 1.807) is 48.5 Å². The zero-order valence-corrected chi connectivity index (χ0v) is 19.2. The molecule has 12 heteroatoms. The van der Waals surface area contributed by atoms with Crippen LogP contribution in [0.4, 0.5) is 4.79 Å². The van der Waals surface area contributed by atoms with Gasteiger partial charge in [0, 0.05) is 6.26 Å². The maximum atomic E-state index is 12.6. The number of para-hydroxylation sites is 2. The minimum Gasteiger partial charge on any atom is -0.485 e. The first-order chi connectivity index (χ1) is 16.2. The molecular weight excluding hydrogens is 466 g/mol. The molecule has 2 aromatic carbocycles. The highest BCUT2D eigenvalue weighted by Gasteiger charge is 2.29. The molecule has 0 radical (unpaired) electrons. The summed E-state index contributed by atoms with van der Waals surface area (Å²) < 4.78 is 39.2. The predicted molar refractivity (Wildman–Crippen MR) is 121 cm³/mol. The lowest BCUT2D eigenvalue weighted by atomic mass is 10.2. The lowest BCUT2D eigenvalue weighted by Crippen LogP contribution is -2.56. The van der Waals surface area contributed by atoms with Crippen molar-refractivity contribution in [1.82, 2.24) is 16.2 Å². The minimum absolute atomic E-state index is 0.0374. The molecule has 1 heterocycles. The van der Waals surface area contributed by atoms with Crippen LogP contribution in [0.1, 0.15) is 12.0 Å². The molecule has 34 heavy (non-hydrogen) atoms. The van der Waals surface area contributed by atoms with Gasteiger partial charge in [0.25, 0.3) is 11.8 Å². The van der Waals surface area contributed by atoms with E-state index < -0.39 is 39.9 Å². The summed E-state index contributed by atoms with van der Waals surface area (Å²) in [5.41, 5.74) is 5.12. The van der Waals surface area contributed by atoms with E-state index in [-0.39, 0.29) is 25.4 Å². The highest BCUT2D eigenvalue weighted by atomic mass is 32.2. The van der Waals surface area contributed by atoms with Crippen LogP contribution in [0.25, 0.3) is 0 Å². The number of benzene rings is 2. The van der Waals surface area contributed by atoms with Gasteiger partial charge in [-0.05, 0) is 24.1 Å². The molecule has 0 aromatic heterocycles. The van der Waals surface area contributed by atoms with Crippen LogP contribution < -0.4 is 25.6 Å². The number of hydrogen-bond acceptors (Lipinski definition) is 8. The van der Waals surface area contributed by atoms with E-state index in [4.69, 9.17) is 14.2 Å². The highest BCUT2D eigenvalue weighted by Crippen LogP contribution is 2.30. The van der Waals surface area contributed by atoms with E-state index in [1.807, 2.05) is 6.07 Å². The fraction of sp³-hybridized carbons (Fsp3) is 0.318. The molecular formula is C22H25N3O8S. The van der Waals surface area contributed by atoms with Crippen LogP contribution >= 0.6 is 0 Å². The van der Waals surface area contributed by atoms with Gasteiger partial charge in [0.1, 0.15) is 29.1 Å². The Labute approximate surface area is 196 Å². The Morgan fingerprint density at radius 3 is 2.41 bits per heavy atom. The second kappa shape index (κ2) is 11.4. The molecule has 0 fully saturated rings. The number of alkyl carbamates (subject to hydrolysis) is 1. The number of carbonyl (C=O) groups excluding carboxylic acids is 3. The summed E-state index contributed by atoms with van der Waals surface area (Å²) >= 11 is 0. The molecule has 182 valence electrons. The van der Waals surface area contributed by atoms with Crippen LogP contribution in [0.15, 0.2) is 54.6 Å². The lowest BCUT2D eigenvalue weighted by Gasteiger charge is -2.26. The summed E-state index contributed by atoms with van der Waals surface area (Å²) in [4.78, 5) is 37.2. The number of carbonyl (C=O) groups is 3. The molecule has 1 aliphatic rings. The van der Waals surface area contributed by atoms with Gasteiger partial charge in [-0.25, -0.2) is 13.2 Å². The monoisotopic (exact) mass is 491 g/mol. The smallest absolute Gasteiger partial charge is 0.408 e. The summed E-state index contributed by atoms with van der Waals surface area (Å²) in [6, 6.07) is 14.4. The Bertz CT molecular complexity index is 1120. The predicted octanol–water partition coefficient (Wildman–Crippen LogP) is 0.704. The van der Waals surface area contributed by atoms with Gasteiger partial charge in [-0.15, -0.1) is 0 Å². The van der Waals surface area contributed by atoms with Crippen molar-refractivity contribution in [3.8, 4) is 11.5 Å².